The fourth-order valence-electron chi connectivity index (χ4n) is 4.70. The zero-order valence-corrected chi connectivity index (χ0v) is 13.6. The first-order chi connectivity index (χ1) is 10.1. The Hall–Kier alpha value is -1.16. The molecule has 2 amide bonds. The summed E-state index contributed by atoms with van der Waals surface area (Å²) in [6.45, 7) is 2.06. The number of anilines is 1. The number of hydrogen-bond donors (Lipinski definition) is 0. The average Bonchev–Trinajstić information content (AvgIpc) is 3.14. The van der Waals surface area contributed by atoms with Gasteiger partial charge in [0.25, 0.3) is 0 Å². The van der Waals surface area contributed by atoms with Gasteiger partial charge in [-0.1, -0.05) is 22.9 Å². The quantitative estimate of drug-likeness (QED) is 0.767. The molecule has 1 heterocycles. The molecule has 4 atom stereocenters. The first-order valence-corrected chi connectivity index (χ1v) is 8.57. The van der Waals surface area contributed by atoms with E-state index in [1.54, 1.807) is 0 Å². The van der Waals surface area contributed by atoms with Crippen molar-refractivity contribution in [3.05, 3.63) is 28.2 Å². The molecule has 1 aromatic carbocycles. The molecular formula is C17H18BrNO2. The molecule has 2 bridgehead atoms. The molecule has 1 aliphatic heterocycles. The summed E-state index contributed by atoms with van der Waals surface area (Å²) in [5.41, 5.74) is 1.85. The van der Waals surface area contributed by atoms with Crippen molar-refractivity contribution >= 4 is 33.4 Å². The number of amides is 2. The topological polar surface area (TPSA) is 37.4 Å². The normalized spacial score (nSPS) is 33.9. The maximum Gasteiger partial charge on any atom is 0.237 e. The largest absolute Gasteiger partial charge is 0.274 e. The Bertz CT molecular complexity index is 614. The van der Waals surface area contributed by atoms with Crippen molar-refractivity contribution in [3.63, 3.8) is 0 Å². The summed E-state index contributed by atoms with van der Waals surface area (Å²) in [5.74, 6) is 0.918. The minimum absolute atomic E-state index is 0.0374. The molecule has 0 radical (unpaired) electrons. The highest BCUT2D eigenvalue weighted by Gasteiger charge is 2.61. The average molecular weight is 348 g/mol. The van der Waals surface area contributed by atoms with E-state index in [0.717, 1.165) is 41.4 Å². The summed E-state index contributed by atoms with van der Waals surface area (Å²) >= 11 is 3.47. The van der Waals surface area contributed by atoms with Crippen molar-refractivity contribution in [2.75, 3.05) is 4.90 Å². The Morgan fingerprint density at radius 2 is 1.76 bits per heavy atom. The van der Waals surface area contributed by atoms with Gasteiger partial charge in [-0.05, 0) is 61.3 Å². The number of halogens is 1. The van der Waals surface area contributed by atoms with Gasteiger partial charge in [-0.2, -0.15) is 0 Å². The molecule has 0 aromatic heterocycles. The minimum atomic E-state index is -0.0374. The van der Waals surface area contributed by atoms with Gasteiger partial charge >= 0.3 is 0 Å². The summed E-state index contributed by atoms with van der Waals surface area (Å²) in [6.07, 6.45) is 4.15. The summed E-state index contributed by atoms with van der Waals surface area (Å²) < 4.78 is 0.988. The van der Waals surface area contributed by atoms with E-state index < -0.39 is 0 Å². The van der Waals surface area contributed by atoms with Crippen molar-refractivity contribution in [2.45, 2.75) is 32.6 Å². The lowest BCUT2D eigenvalue weighted by Crippen LogP contribution is -2.33. The maximum atomic E-state index is 12.8. The van der Waals surface area contributed by atoms with Crippen LogP contribution in [0.15, 0.2) is 22.7 Å². The van der Waals surface area contributed by atoms with Crippen LogP contribution < -0.4 is 4.90 Å². The summed E-state index contributed by atoms with van der Waals surface area (Å²) in [7, 11) is 0. The van der Waals surface area contributed by atoms with Gasteiger partial charge in [0, 0.05) is 4.47 Å². The Balaban J connectivity index is 1.77. The number of nitrogens with zero attached hydrogens (tertiary/aromatic N) is 1. The van der Waals surface area contributed by atoms with Crippen LogP contribution in [0.25, 0.3) is 0 Å². The fraction of sp³-hybridized carbons (Fsp3) is 0.529. The third kappa shape index (κ3) is 1.78. The Morgan fingerprint density at radius 1 is 1.14 bits per heavy atom. The fourth-order valence-corrected chi connectivity index (χ4v) is 5.11. The highest BCUT2D eigenvalue weighted by molar-refractivity contribution is 9.10. The molecule has 4 heteroatoms. The number of carbonyl (C=O) groups excluding carboxylic acids is 2. The van der Waals surface area contributed by atoms with E-state index in [-0.39, 0.29) is 23.7 Å². The molecule has 4 rings (SSSR count). The summed E-state index contributed by atoms with van der Waals surface area (Å²) in [4.78, 5) is 27.2. The number of fused-ring (bicyclic) bond motifs is 5. The van der Waals surface area contributed by atoms with Crippen LogP contribution in [0.3, 0.4) is 0 Å². The van der Waals surface area contributed by atoms with Crippen LogP contribution in [0.4, 0.5) is 5.69 Å². The number of hydrogen-bond acceptors (Lipinski definition) is 2. The molecule has 0 spiro atoms. The standard InChI is InChI=1S/C17H18BrNO2/c1-2-9-8-12(18)5-6-13(9)19-16(20)14-10-3-4-11(7-10)15(14)17(19)21/h5-6,8,10-11,14-15H,2-4,7H2,1H3/t10-,11+,14-,15+. The second-order valence-corrected chi connectivity index (χ2v) is 7.44. The molecule has 2 saturated carbocycles. The molecule has 3 fully saturated rings. The van der Waals surface area contributed by atoms with Crippen LogP contribution in [0.2, 0.25) is 0 Å². The number of aryl methyl sites for hydroxylation is 1. The Labute approximate surface area is 132 Å². The molecule has 0 N–H and O–H groups in total. The van der Waals surface area contributed by atoms with Crippen LogP contribution in [-0.2, 0) is 16.0 Å². The van der Waals surface area contributed by atoms with E-state index in [9.17, 15) is 9.59 Å². The molecular weight excluding hydrogens is 330 g/mol. The lowest BCUT2D eigenvalue weighted by Gasteiger charge is -2.20. The van der Waals surface area contributed by atoms with Crippen molar-refractivity contribution in [1.29, 1.82) is 0 Å². The zero-order chi connectivity index (χ0) is 14.7. The second kappa shape index (κ2) is 4.67. The molecule has 21 heavy (non-hydrogen) atoms. The van der Waals surface area contributed by atoms with E-state index in [1.807, 2.05) is 18.2 Å². The highest BCUT2D eigenvalue weighted by atomic mass is 79.9. The maximum absolute atomic E-state index is 12.8. The first kappa shape index (κ1) is 13.5. The second-order valence-electron chi connectivity index (χ2n) is 6.52. The molecule has 110 valence electrons. The van der Waals surface area contributed by atoms with Crippen molar-refractivity contribution < 1.29 is 9.59 Å². The van der Waals surface area contributed by atoms with Gasteiger partial charge in [-0.25, -0.2) is 4.90 Å². The Kier molecular flexibility index (Phi) is 3.00. The van der Waals surface area contributed by atoms with E-state index in [4.69, 9.17) is 0 Å². The zero-order valence-electron chi connectivity index (χ0n) is 12.0. The van der Waals surface area contributed by atoms with Crippen LogP contribution >= 0.6 is 15.9 Å². The number of rotatable bonds is 2. The van der Waals surface area contributed by atoms with Gasteiger partial charge < -0.3 is 0 Å². The monoisotopic (exact) mass is 347 g/mol. The van der Waals surface area contributed by atoms with Crippen molar-refractivity contribution in [3.8, 4) is 0 Å². The van der Waals surface area contributed by atoms with E-state index in [1.165, 1.54) is 4.90 Å². The van der Waals surface area contributed by atoms with Crippen LogP contribution in [0.1, 0.15) is 31.7 Å². The third-order valence-corrected chi connectivity index (χ3v) is 6.08. The Morgan fingerprint density at radius 3 is 2.33 bits per heavy atom. The van der Waals surface area contributed by atoms with Gasteiger partial charge in [0.15, 0.2) is 0 Å². The summed E-state index contributed by atoms with van der Waals surface area (Å²) in [6, 6.07) is 5.83. The van der Waals surface area contributed by atoms with Gasteiger partial charge in [0.2, 0.25) is 11.8 Å². The smallest absolute Gasteiger partial charge is 0.237 e. The molecule has 2 aliphatic carbocycles. The number of imide groups is 1. The number of benzene rings is 1. The lowest BCUT2D eigenvalue weighted by atomic mass is 9.81. The van der Waals surface area contributed by atoms with Crippen LogP contribution in [0.5, 0.6) is 0 Å². The van der Waals surface area contributed by atoms with Crippen LogP contribution in [-0.4, -0.2) is 11.8 Å². The highest BCUT2D eigenvalue weighted by Crippen LogP contribution is 2.56. The molecule has 0 unspecified atom stereocenters. The van der Waals surface area contributed by atoms with Crippen molar-refractivity contribution in [1.82, 2.24) is 0 Å². The molecule has 3 nitrogen and oxygen atoms in total. The van der Waals surface area contributed by atoms with Gasteiger partial charge in [-0.15, -0.1) is 0 Å². The van der Waals surface area contributed by atoms with Gasteiger partial charge in [0.1, 0.15) is 0 Å². The minimum Gasteiger partial charge on any atom is -0.274 e. The first-order valence-electron chi connectivity index (χ1n) is 7.78. The lowest BCUT2D eigenvalue weighted by molar-refractivity contribution is -0.123. The predicted octanol–water partition coefficient (Wildman–Crippen LogP) is 3.55. The van der Waals surface area contributed by atoms with E-state index in [0.29, 0.717) is 11.8 Å². The SMILES string of the molecule is CCc1cc(Br)ccc1N1C(=O)[C@@H]2[C@@H]3CC[C@@H](C3)[C@@H]2C1=O. The molecule has 1 aromatic rings. The van der Waals surface area contributed by atoms with E-state index >= 15 is 0 Å². The van der Waals surface area contributed by atoms with Crippen molar-refractivity contribution in [2.24, 2.45) is 23.7 Å². The molecule has 1 saturated heterocycles. The van der Waals surface area contributed by atoms with Gasteiger partial charge in [0.05, 0.1) is 17.5 Å². The third-order valence-electron chi connectivity index (χ3n) is 5.59. The summed E-state index contributed by atoms with van der Waals surface area (Å²) in [5, 5.41) is 0. The van der Waals surface area contributed by atoms with Crippen LogP contribution in [0, 0.1) is 23.7 Å². The molecule has 3 aliphatic rings. The predicted molar refractivity (Wildman–Crippen MR) is 83.8 cm³/mol. The number of carbonyl (C=O) groups is 2. The van der Waals surface area contributed by atoms with Gasteiger partial charge in [-0.3, -0.25) is 9.59 Å². The van der Waals surface area contributed by atoms with E-state index in [2.05, 4.69) is 22.9 Å².